The van der Waals surface area contributed by atoms with Gasteiger partial charge in [0.05, 0.1) is 7.05 Å². The fourth-order valence-corrected chi connectivity index (χ4v) is 1.93. The quantitative estimate of drug-likeness (QED) is 0.489. The molecule has 1 N–H and O–H groups in total. The van der Waals surface area contributed by atoms with Gasteiger partial charge in [0.15, 0.2) is 5.69 Å². The fourth-order valence-electron chi connectivity index (χ4n) is 1.56. The number of alkyl halides is 1. The number of hydrogen-bond donors (Lipinski definition) is 1. The van der Waals surface area contributed by atoms with Gasteiger partial charge in [-0.3, -0.25) is 4.79 Å². The Hall–Kier alpha value is -1.56. The van der Waals surface area contributed by atoms with Gasteiger partial charge in [-0.2, -0.15) is 0 Å². The number of nitrogens with one attached hydrogen (secondary N) is 1. The van der Waals surface area contributed by atoms with E-state index in [0.717, 1.165) is 6.42 Å². The summed E-state index contributed by atoms with van der Waals surface area (Å²) in [5.41, 5.74) is 0.278. The van der Waals surface area contributed by atoms with Gasteiger partial charge in [0.1, 0.15) is 0 Å². The summed E-state index contributed by atoms with van der Waals surface area (Å²) in [6, 6.07) is 2.76. The van der Waals surface area contributed by atoms with E-state index < -0.39 is 4.92 Å². The second-order valence-electron chi connectivity index (χ2n) is 4.19. The smallest absolute Gasteiger partial charge is 0.323 e. The molecular weight excluding hydrogens is 258 g/mol. The molecule has 1 aromatic rings. The van der Waals surface area contributed by atoms with Crippen molar-refractivity contribution in [3.63, 3.8) is 0 Å². The number of carbonyl (C=O) groups is 1. The molecule has 0 spiro atoms. The first kappa shape index (κ1) is 14.5. The van der Waals surface area contributed by atoms with E-state index in [4.69, 9.17) is 11.6 Å². The highest BCUT2D eigenvalue weighted by Gasteiger charge is 2.20. The van der Waals surface area contributed by atoms with Crippen LogP contribution in [0.2, 0.25) is 0 Å². The summed E-state index contributed by atoms with van der Waals surface area (Å²) in [7, 11) is 1.50. The summed E-state index contributed by atoms with van der Waals surface area (Å²) in [4.78, 5) is 21.9. The maximum atomic E-state index is 11.8. The highest BCUT2D eigenvalue weighted by Crippen LogP contribution is 2.14. The molecule has 7 heteroatoms. The molecule has 0 saturated heterocycles. The van der Waals surface area contributed by atoms with E-state index in [9.17, 15) is 14.9 Å². The topological polar surface area (TPSA) is 77.2 Å². The minimum Gasteiger partial charge on any atom is -0.358 e. The molecule has 0 aliphatic carbocycles. The summed E-state index contributed by atoms with van der Waals surface area (Å²) in [5.74, 6) is 0.412. The molecule has 1 heterocycles. The molecule has 0 bridgehead atoms. The molecular formula is C11H16ClN3O3. The third-order valence-electron chi connectivity index (χ3n) is 2.73. The molecule has 18 heavy (non-hydrogen) atoms. The maximum Gasteiger partial charge on any atom is 0.323 e. The van der Waals surface area contributed by atoms with Crippen molar-refractivity contribution >= 4 is 23.3 Å². The summed E-state index contributed by atoms with van der Waals surface area (Å²) >= 11 is 5.60. The minimum atomic E-state index is -0.521. The lowest BCUT2D eigenvalue weighted by atomic mass is 10.1. The fraction of sp³-hybridized carbons (Fsp3) is 0.545. The Morgan fingerprint density at radius 1 is 1.61 bits per heavy atom. The first-order valence-corrected chi connectivity index (χ1v) is 6.15. The molecule has 1 rings (SSSR count). The minimum absolute atomic E-state index is 0.103. The van der Waals surface area contributed by atoms with Crippen molar-refractivity contribution in [3.8, 4) is 0 Å². The Balaban J connectivity index is 2.65. The van der Waals surface area contributed by atoms with Gasteiger partial charge < -0.3 is 15.4 Å². The first-order valence-electron chi connectivity index (χ1n) is 5.61. The third kappa shape index (κ3) is 3.46. The van der Waals surface area contributed by atoms with Crippen LogP contribution in [0, 0.1) is 16.0 Å². The number of aromatic nitrogens is 1. The first-order chi connectivity index (χ1) is 8.47. The second kappa shape index (κ2) is 6.39. The molecule has 0 saturated carbocycles. The Kier molecular flexibility index (Phi) is 5.15. The van der Waals surface area contributed by atoms with Crippen molar-refractivity contribution < 1.29 is 9.72 Å². The highest BCUT2D eigenvalue weighted by molar-refractivity contribution is 6.17. The van der Waals surface area contributed by atoms with Gasteiger partial charge in [0, 0.05) is 18.5 Å². The van der Waals surface area contributed by atoms with Crippen molar-refractivity contribution in [3.05, 3.63) is 27.9 Å². The number of hydrogen-bond acceptors (Lipinski definition) is 3. The van der Waals surface area contributed by atoms with Crippen LogP contribution in [0.15, 0.2) is 12.1 Å². The number of carbonyl (C=O) groups excluding carboxylic acids is 1. The van der Waals surface area contributed by atoms with Gasteiger partial charge in [-0.15, -0.1) is 11.6 Å². The van der Waals surface area contributed by atoms with Crippen LogP contribution in [0.1, 0.15) is 23.8 Å². The van der Waals surface area contributed by atoms with Crippen LogP contribution in [-0.4, -0.2) is 27.8 Å². The Labute approximate surface area is 110 Å². The largest absolute Gasteiger partial charge is 0.358 e. The lowest BCUT2D eigenvalue weighted by molar-refractivity contribution is -0.391. The zero-order valence-electron chi connectivity index (χ0n) is 10.4. The number of rotatable bonds is 6. The Morgan fingerprint density at radius 2 is 2.28 bits per heavy atom. The molecule has 0 fully saturated rings. The van der Waals surface area contributed by atoms with E-state index in [0.29, 0.717) is 12.4 Å². The number of amides is 1. The van der Waals surface area contributed by atoms with Crippen LogP contribution in [0.4, 0.5) is 5.82 Å². The second-order valence-corrected chi connectivity index (χ2v) is 4.56. The third-order valence-corrected chi connectivity index (χ3v) is 2.95. The van der Waals surface area contributed by atoms with Gasteiger partial charge in [0.2, 0.25) is 0 Å². The number of nitro groups is 1. The molecule has 1 unspecified atom stereocenters. The van der Waals surface area contributed by atoms with Gasteiger partial charge in [-0.05, 0) is 23.3 Å². The van der Waals surface area contributed by atoms with E-state index in [2.05, 4.69) is 5.32 Å². The van der Waals surface area contributed by atoms with Gasteiger partial charge in [-0.25, -0.2) is 4.57 Å². The number of halogens is 1. The molecule has 0 aromatic carbocycles. The van der Waals surface area contributed by atoms with Gasteiger partial charge >= 0.3 is 5.82 Å². The van der Waals surface area contributed by atoms with Crippen molar-refractivity contribution in [1.82, 2.24) is 9.88 Å². The summed E-state index contributed by atoms with van der Waals surface area (Å²) < 4.78 is 1.27. The van der Waals surface area contributed by atoms with Crippen molar-refractivity contribution in [2.45, 2.75) is 13.3 Å². The molecule has 1 atom stereocenters. The standard InChI is InChI=1S/C11H16ClN3O3/c1-8(5-6-12)7-13-11(16)9-3-4-10(14(9)2)15(17)18/h3-4,8H,5-7H2,1-2H3,(H,13,16). The van der Waals surface area contributed by atoms with E-state index in [1.165, 1.54) is 23.7 Å². The average molecular weight is 274 g/mol. The Morgan fingerprint density at radius 3 is 2.78 bits per heavy atom. The molecule has 0 aliphatic rings. The monoisotopic (exact) mass is 273 g/mol. The average Bonchev–Trinajstić information content (AvgIpc) is 2.68. The zero-order chi connectivity index (χ0) is 13.7. The zero-order valence-corrected chi connectivity index (χ0v) is 11.1. The maximum absolute atomic E-state index is 11.8. The number of nitrogens with zero attached hydrogens (tertiary/aromatic N) is 2. The SMILES string of the molecule is CC(CCCl)CNC(=O)c1ccc([N+](=O)[O-])n1C. The molecule has 0 radical (unpaired) electrons. The van der Waals surface area contributed by atoms with Crippen LogP contribution < -0.4 is 5.32 Å². The van der Waals surface area contributed by atoms with Gasteiger partial charge in [-0.1, -0.05) is 6.92 Å². The van der Waals surface area contributed by atoms with Crippen LogP contribution in [0.25, 0.3) is 0 Å². The van der Waals surface area contributed by atoms with E-state index >= 15 is 0 Å². The predicted molar refractivity (Wildman–Crippen MR) is 68.9 cm³/mol. The van der Waals surface area contributed by atoms with Crippen LogP contribution in [0.3, 0.4) is 0 Å². The van der Waals surface area contributed by atoms with Crippen molar-refractivity contribution in [2.75, 3.05) is 12.4 Å². The van der Waals surface area contributed by atoms with Crippen LogP contribution in [0.5, 0.6) is 0 Å². The van der Waals surface area contributed by atoms with E-state index in [1.807, 2.05) is 6.92 Å². The molecule has 1 amide bonds. The van der Waals surface area contributed by atoms with E-state index in [1.54, 1.807) is 0 Å². The van der Waals surface area contributed by atoms with Gasteiger partial charge in [0.25, 0.3) is 5.91 Å². The molecule has 100 valence electrons. The molecule has 6 nitrogen and oxygen atoms in total. The van der Waals surface area contributed by atoms with Crippen molar-refractivity contribution in [2.24, 2.45) is 13.0 Å². The predicted octanol–water partition coefficient (Wildman–Crippen LogP) is 1.93. The van der Waals surface area contributed by atoms with E-state index in [-0.39, 0.29) is 23.3 Å². The van der Waals surface area contributed by atoms with Crippen molar-refractivity contribution in [1.29, 1.82) is 0 Å². The Bertz CT molecular complexity index is 445. The lowest BCUT2D eigenvalue weighted by Gasteiger charge is -2.10. The highest BCUT2D eigenvalue weighted by atomic mass is 35.5. The molecule has 1 aromatic heterocycles. The lowest BCUT2D eigenvalue weighted by Crippen LogP contribution is -2.29. The van der Waals surface area contributed by atoms with Crippen LogP contribution >= 0.6 is 11.6 Å². The normalized spacial score (nSPS) is 12.2. The summed E-state index contributed by atoms with van der Waals surface area (Å²) in [5, 5.41) is 13.4. The molecule has 0 aliphatic heterocycles. The van der Waals surface area contributed by atoms with Crippen LogP contribution in [-0.2, 0) is 7.05 Å². The summed E-state index contributed by atoms with van der Waals surface area (Å²) in [6.45, 7) is 2.49. The summed E-state index contributed by atoms with van der Waals surface area (Å²) in [6.07, 6.45) is 0.815.